The third-order valence-corrected chi connectivity index (χ3v) is 15.7. The topological polar surface area (TPSA) is 149 Å². The van der Waals surface area contributed by atoms with Crippen LogP contribution in [-0.4, -0.2) is 62.8 Å². The van der Waals surface area contributed by atoms with E-state index in [1.807, 2.05) is 121 Å². The van der Waals surface area contributed by atoms with Gasteiger partial charge in [0, 0.05) is 133 Å². The Hall–Kier alpha value is -7.52. The van der Waals surface area contributed by atoms with E-state index in [9.17, 15) is 30.7 Å². The van der Waals surface area contributed by atoms with E-state index in [4.69, 9.17) is 23.2 Å². The van der Waals surface area contributed by atoms with Gasteiger partial charge >= 0.3 is 5.51 Å². The zero-order valence-electron chi connectivity index (χ0n) is 50.7. The molecule has 6 aromatic heterocycles. The zero-order valence-corrected chi connectivity index (χ0v) is 57.9. The molecule has 6 aromatic carbocycles. The van der Waals surface area contributed by atoms with Crippen molar-refractivity contribution in [2.24, 2.45) is 0 Å². The van der Waals surface area contributed by atoms with Gasteiger partial charge in [-0.15, -0.1) is 130 Å². The maximum atomic E-state index is 14.2. The number of benzene rings is 6. The van der Waals surface area contributed by atoms with Crippen LogP contribution in [0, 0.1) is 41.5 Å². The Kier molecular flexibility index (Phi) is 29.7. The molecule has 484 valence electrons. The maximum Gasteiger partial charge on any atom is 0.485 e. The minimum Gasteiger partial charge on any atom is -0.741 e. The Labute approximate surface area is 566 Å². The summed E-state index contributed by atoms with van der Waals surface area (Å²) in [7, 11) is -4.09. The third-order valence-electron chi connectivity index (χ3n) is 12.8. The molecule has 0 fully saturated rings. The number of alkyl halides is 3. The zero-order chi connectivity index (χ0) is 65.8. The van der Waals surface area contributed by atoms with Crippen molar-refractivity contribution in [2.75, 3.05) is 14.2 Å². The van der Waals surface area contributed by atoms with Gasteiger partial charge in [-0.3, -0.25) is 4.98 Å². The maximum absolute atomic E-state index is 14.2. The molecule has 12 aromatic rings. The monoisotopic (exact) mass is 1660 g/mol. The van der Waals surface area contributed by atoms with Crippen molar-refractivity contribution in [2.45, 2.75) is 57.9 Å². The molecular formula is C71H61F7Ir2N4O5S3-4. The van der Waals surface area contributed by atoms with Crippen LogP contribution in [0.1, 0.15) is 52.7 Å². The fourth-order valence-corrected chi connectivity index (χ4v) is 10.5. The van der Waals surface area contributed by atoms with Crippen molar-refractivity contribution < 1.29 is 94.1 Å². The van der Waals surface area contributed by atoms with Crippen molar-refractivity contribution in [3.8, 4) is 65.9 Å². The predicted molar refractivity (Wildman–Crippen MR) is 346 cm³/mol. The number of aromatic nitrogens is 4. The van der Waals surface area contributed by atoms with Crippen LogP contribution >= 0.6 is 22.7 Å². The van der Waals surface area contributed by atoms with Crippen LogP contribution in [0.5, 0.6) is 0 Å². The van der Waals surface area contributed by atoms with Crippen molar-refractivity contribution in [3.63, 3.8) is 0 Å². The van der Waals surface area contributed by atoms with Crippen LogP contribution < -0.4 is 0 Å². The molecule has 92 heavy (non-hydrogen) atoms. The summed E-state index contributed by atoms with van der Waals surface area (Å²) in [5, 5.41) is 15.9. The molecule has 0 atom stereocenters. The second-order valence-electron chi connectivity index (χ2n) is 21.1. The summed E-state index contributed by atoms with van der Waals surface area (Å²) in [5.41, 5.74) is 5.42. The van der Waals surface area contributed by atoms with E-state index in [2.05, 4.69) is 110 Å². The average Bonchev–Trinajstić information content (AvgIpc) is 1.63. The summed E-state index contributed by atoms with van der Waals surface area (Å²) in [6, 6.07) is 66.6. The van der Waals surface area contributed by atoms with Gasteiger partial charge in [0.05, 0.1) is 5.69 Å². The largest absolute Gasteiger partial charge is 0.741 e. The van der Waals surface area contributed by atoms with Crippen molar-refractivity contribution >= 4 is 53.0 Å². The fourth-order valence-electron chi connectivity index (χ4n) is 8.33. The number of thiophene rings is 2. The number of aliphatic hydroxyl groups is 2. The predicted octanol–water partition coefficient (Wildman–Crippen LogP) is 18.6. The van der Waals surface area contributed by atoms with E-state index < -0.39 is 38.9 Å². The van der Waals surface area contributed by atoms with Crippen molar-refractivity contribution in [3.05, 3.63) is 265 Å². The first-order valence-electron chi connectivity index (χ1n) is 27.3. The smallest absolute Gasteiger partial charge is 0.485 e. The summed E-state index contributed by atoms with van der Waals surface area (Å²) in [5.74, 6) is -2.25. The van der Waals surface area contributed by atoms with Gasteiger partial charge in [0.1, 0.15) is 23.3 Å². The molecular weight excluding hydrogens is 1600 g/mol. The number of rotatable bonds is 6. The Bertz CT molecular complexity index is 3980. The van der Waals surface area contributed by atoms with Gasteiger partial charge in [0.15, 0.2) is 10.1 Å². The number of hydrogen-bond donors (Lipinski definition) is 2. The molecule has 0 aliphatic carbocycles. The van der Waals surface area contributed by atoms with E-state index in [1.165, 1.54) is 58.1 Å². The molecule has 0 amide bonds. The molecule has 0 saturated heterocycles. The number of nitrogens with zero attached hydrogens (tertiary/aromatic N) is 4. The Balaban J connectivity index is 0.000000257. The summed E-state index contributed by atoms with van der Waals surface area (Å²) in [6.07, 6.45) is 7.10. The van der Waals surface area contributed by atoms with Crippen LogP contribution in [0.15, 0.2) is 213 Å². The van der Waals surface area contributed by atoms with Gasteiger partial charge in [0.25, 0.3) is 0 Å². The fraction of sp³-hybridized carbons (Fsp3) is 0.155. The van der Waals surface area contributed by atoms with Crippen LogP contribution in [0.2, 0.25) is 0 Å². The molecule has 0 bridgehead atoms. The number of hydrogen-bond acceptors (Lipinski definition) is 11. The van der Waals surface area contributed by atoms with Gasteiger partial charge in [-0.05, 0) is 99.5 Å². The Morgan fingerprint density at radius 1 is 0.457 bits per heavy atom. The molecule has 0 unspecified atom stereocenters. The summed E-state index contributed by atoms with van der Waals surface area (Å²) >= 11 is 2.95. The first-order chi connectivity index (χ1) is 42.8. The molecule has 0 saturated carbocycles. The number of fused-ring (bicyclic) bond motifs is 2. The van der Waals surface area contributed by atoms with Gasteiger partial charge in [-0.25, -0.2) is 26.0 Å². The van der Waals surface area contributed by atoms with Gasteiger partial charge in [-0.1, -0.05) is 90.1 Å². The molecule has 0 spiro atoms. The normalized spacial score (nSPS) is 10.8. The first-order valence-corrected chi connectivity index (χ1v) is 30.4. The third kappa shape index (κ3) is 21.5. The molecule has 21 heteroatoms. The molecule has 2 N–H and O–H groups in total. The Morgan fingerprint density at radius 3 is 1.23 bits per heavy atom. The second-order valence-corrected chi connectivity index (χ2v) is 24.6. The SMILES string of the molecule is CC(C)(C)c1c[c-]c(-c2nccc3sc(-c4ccc(F)cc4F)cc23)cc1.CC(C)(C)c1ccc(-c2nccc3sc(-c4ccc(F)cc4F)cc23)cc1.CO.CO.O=S(=O)([O-])C(F)(F)F.[Ir].[Ir].[c-]1ccccc1-c1ccccn1.[c-]1ccccc1-c1ccccn1. The van der Waals surface area contributed by atoms with Crippen LogP contribution in [-0.2, 0) is 61.2 Å². The van der Waals surface area contributed by atoms with Crippen LogP contribution in [0.25, 0.3) is 86.1 Å². The second kappa shape index (κ2) is 35.5. The summed E-state index contributed by atoms with van der Waals surface area (Å²) < 4.78 is 116. The molecule has 9 nitrogen and oxygen atoms in total. The molecule has 0 aliphatic rings. The minimum absolute atomic E-state index is 0. The molecule has 12 rings (SSSR count). The standard InChI is InChI=1S/C23H19F2NS.C23H18F2NS.2C11H8N.CHF3O3S.2CH4O.2Ir/c2*1-23(2,3)15-6-4-14(5-7-15)22-18-13-21(27-20(18)10-11-26-22)17-9-8-16(24)12-19(17)25;2*1-2-6-10(7-3-1)11-8-4-5-9-12-11;2-1(3,4)8(5,6)7;2*1-2;;/h4-13H,1-3H3;4,6-13H,1-3H3;2*1-6,8-9H;(H,5,6,7);2*2H,1H3;;/q;3*-1;;;;;/p-1. The van der Waals surface area contributed by atoms with E-state index in [0.29, 0.717) is 11.1 Å². The first kappa shape index (κ1) is 76.9. The molecule has 6 heterocycles. The van der Waals surface area contributed by atoms with Gasteiger partial charge < -0.3 is 29.7 Å². The van der Waals surface area contributed by atoms with Gasteiger partial charge in [0.2, 0.25) is 0 Å². The minimum atomic E-state index is -6.09. The number of pyridine rings is 4. The van der Waals surface area contributed by atoms with Gasteiger partial charge in [-0.2, -0.15) is 13.2 Å². The average molecular weight is 1660 g/mol. The molecule has 2 radical (unpaired) electrons. The van der Waals surface area contributed by atoms with E-state index in [-0.39, 0.29) is 51.0 Å². The summed E-state index contributed by atoms with van der Waals surface area (Å²) in [4.78, 5) is 19.1. The van der Waals surface area contributed by atoms with E-state index in [1.54, 1.807) is 24.8 Å². The van der Waals surface area contributed by atoms with Crippen LogP contribution in [0.4, 0.5) is 30.7 Å². The van der Waals surface area contributed by atoms with Crippen molar-refractivity contribution in [1.82, 2.24) is 19.9 Å². The molecule has 0 aliphatic heterocycles. The van der Waals surface area contributed by atoms with E-state index >= 15 is 0 Å². The number of halogens is 7. The quantitative estimate of drug-likeness (QED) is 0.0718. The van der Waals surface area contributed by atoms with E-state index in [0.717, 1.165) is 101 Å². The summed E-state index contributed by atoms with van der Waals surface area (Å²) in [6.45, 7) is 13.0. The van der Waals surface area contributed by atoms with Crippen molar-refractivity contribution in [1.29, 1.82) is 0 Å². The van der Waals surface area contributed by atoms with Crippen LogP contribution in [0.3, 0.4) is 0 Å². The number of aliphatic hydroxyl groups excluding tert-OH is 2. The Morgan fingerprint density at radius 2 is 0.870 bits per heavy atom.